The molecule has 0 fully saturated rings. The molecule has 0 spiro atoms. The van der Waals surface area contributed by atoms with E-state index in [2.05, 4.69) is 39.0 Å². The van der Waals surface area contributed by atoms with Gasteiger partial charge in [0.05, 0.1) is 29.0 Å². The summed E-state index contributed by atoms with van der Waals surface area (Å²) in [5.74, 6) is 4.84. The lowest BCUT2D eigenvalue weighted by molar-refractivity contribution is 0.505. The van der Waals surface area contributed by atoms with Crippen LogP contribution in [0.2, 0.25) is 0 Å². The van der Waals surface area contributed by atoms with Crippen molar-refractivity contribution in [2.75, 3.05) is 6.67 Å². The van der Waals surface area contributed by atoms with Crippen LogP contribution in [0.5, 0.6) is 0 Å². The van der Waals surface area contributed by atoms with E-state index in [0.29, 0.717) is 17.3 Å². The SMILES string of the molecule is FCCC#Cc1ccc2c(cnn2PI)c1F. The minimum absolute atomic E-state index is 0.131. The molecular formula is C11H8F2IN2P. The van der Waals surface area contributed by atoms with Gasteiger partial charge in [-0.15, -0.1) is 0 Å². The molecule has 0 radical (unpaired) electrons. The highest BCUT2D eigenvalue weighted by atomic mass is 127. The highest BCUT2D eigenvalue weighted by molar-refractivity contribution is 14.2. The van der Waals surface area contributed by atoms with Crippen molar-refractivity contribution in [3.8, 4) is 11.8 Å². The Balaban J connectivity index is 2.48. The van der Waals surface area contributed by atoms with Gasteiger partial charge in [0.25, 0.3) is 0 Å². The maximum atomic E-state index is 14.0. The van der Waals surface area contributed by atoms with E-state index in [4.69, 9.17) is 0 Å². The van der Waals surface area contributed by atoms with E-state index in [1.54, 1.807) is 16.6 Å². The fourth-order valence-electron chi connectivity index (χ4n) is 1.44. The third-order valence-corrected chi connectivity index (χ3v) is 4.10. The highest BCUT2D eigenvalue weighted by Gasteiger charge is 2.09. The van der Waals surface area contributed by atoms with E-state index in [1.807, 2.05) is 0 Å². The Bertz CT molecular complexity index is 601. The van der Waals surface area contributed by atoms with E-state index in [-0.39, 0.29) is 12.2 Å². The molecule has 0 saturated heterocycles. The zero-order valence-corrected chi connectivity index (χ0v) is 11.8. The zero-order valence-electron chi connectivity index (χ0n) is 8.67. The zero-order chi connectivity index (χ0) is 12.3. The van der Waals surface area contributed by atoms with Gasteiger partial charge in [-0.2, -0.15) is 5.10 Å². The Hall–Kier alpha value is -0.730. The van der Waals surface area contributed by atoms with E-state index < -0.39 is 6.67 Å². The van der Waals surface area contributed by atoms with E-state index >= 15 is 0 Å². The molecule has 1 atom stereocenters. The smallest absolute Gasteiger partial charge is 0.149 e. The predicted octanol–water partition coefficient (Wildman–Crippen LogP) is 3.68. The number of hydrogen-bond acceptors (Lipinski definition) is 1. The van der Waals surface area contributed by atoms with Crippen LogP contribution in [0.3, 0.4) is 0 Å². The number of benzene rings is 1. The van der Waals surface area contributed by atoms with Crippen LogP contribution < -0.4 is 0 Å². The second-order valence-corrected chi connectivity index (χ2v) is 5.28. The molecule has 0 bridgehead atoms. The van der Waals surface area contributed by atoms with Crippen molar-refractivity contribution >= 4 is 39.3 Å². The molecule has 0 aliphatic heterocycles. The van der Waals surface area contributed by atoms with Crippen molar-refractivity contribution in [3.05, 3.63) is 29.7 Å². The summed E-state index contributed by atoms with van der Waals surface area (Å²) in [4.78, 5) is 0. The maximum Gasteiger partial charge on any atom is 0.149 e. The van der Waals surface area contributed by atoms with Crippen LogP contribution in [0.15, 0.2) is 18.3 Å². The average Bonchev–Trinajstić information content (AvgIpc) is 2.76. The van der Waals surface area contributed by atoms with E-state index in [9.17, 15) is 8.78 Å². The van der Waals surface area contributed by atoms with Gasteiger partial charge in [0.2, 0.25) is 0 Å². The summed E-state index contributed by atoms with van der Waals surface area (Å²) in [7, 11) is 0. The molecule has 2 nitrogen and oxygen atoms in total. The minimum Gasteiger partial charge on any atom is -0.250 e. The fraction of sp³-hybridized carbons (Fsp3) is 0.182. The summed E-state index contributed by atoms with van der Waals surface area (Å²) < 4.78 is 27.6. The van der Waals surface area contributed by atoms with Gasteiger partial charge in [0.1, 0.15) is 12.5 Å². The molecule has 1 unspecified atom stereocenters. The summed E-state index contributed by atoms with van der Waals surface area (Å²) in [6.07, 6.45) is 2.05. The fourth-order valence-corrected chi connectivity index (χ4v) is 2.98. The van der Waals surface area contributed by atoms with Crippen molar-refractivity contribution < 1.29 is 8.78 Å². The Kier molecular flexibility index (Phi) is 4.30. The monoisotopic (exact) mass is 364 g/mol. The quantitative estimate of drug-likeness (QED) is 0.452. The van der Waals surface area contributed by atoms with Crippen LogP contribution in [0, 0.1) is 17.7 Å². The first-order valence-electron chi connectivity index (χ1n) is 4.85. The van der Waals surface area contributed by atoms with Crippen LogP contribution in [-0.4, -0.2) is 16.2 Å². The molecule has 0 aliphatic carbocycles. The van der Waals surface area contributed by atoms with Gasteiger partial charge >= 0.3 is 0 Å². The summed E-state index contributed by atoms with van der Waals surface area (Å²) in [6, 6.07) is 3.40. The van der Waals surface area contributed by atoms with E-state index in [1.165, 1.54) is 6.20 Å². The second kappa shape index (κ2) is 5.74. The number of aromatic nitrogens is 2. The number of alkyl halides is 1. The van der Waals surface area contributed by atoms with Gasteiger partial charge in [-0.05, 0) is 34.2 Å². The van der Waals surface area contributed by atoms with Gasteiger partial charge in [0, 0.05) is 6.42 Å². The van der Waals surface area contributed by atoms with Crippen molar-refractivity contribution in [2.45, 2.75) is 6.42 Å². The Labute approximate surface area is 112 Å². The number of rotatable bonds is 2. The first kappa shape index (κ1) is 12.7. The predicted molar refractivity (Wildman–Crippen MR) is 74.9 cm³/mol. The van der Waals surface area contributed by atoms with E-state index in [0.717, 1.165) is 5.52 Å². The van der Waals surface area contributed by atoms with Gasteiger partial charge in [0.15, 0.2) is 0 Å². The Morgan fingerprint density at radius 3 is 3.00 bits per heavy atom. The summed E-state index contributed by atoms with van der Waals surface area (Å²) in [5.41, 5.74) is 1.05. The second-order valence-electron chi connectivity index (χ2n) is 3.24. The topological polar surface area (TPSA) is 17.8 Å². The molecular weight excluding hydrogens is 356 g/mol. The molecule has 17 heavy (non-hydrogen) atoms. The molecule has 0 aliphatic rings. The Morgan fingerprint density at radius 2 is 2.29 bits per heavy atom. The van der Waals surface area contributed by atoms with Crippen LogP contribution in [0.4, 0.5) is 8.78 Å². The molecule has 2 rings (SSSR count). The number of fused-ring (bicyclic) bond motifs is 1. The average molecular weight is 364 g/mol. The normalized spacial score (nSPS) is 11.0. The van der Waals surface area contributed by atoms with Crippen molar-refractivity contribution in [1.29, 1.82) is 0 Å². The van der Waals surface area contributed by atoms with Crippen LogP contribution in [-0.2, 0) is 0 Å². The standard InChI is InChI=1S/C11H8F2IN2P/c12-6-2-1-3-8-4-5-10-9(11(8)13)7-15-16(10)17-14/h4-5,7,17H,2,6H2. The molecule has 88 valence electrons. The lowest BCUT2D eigenvalue weighted by atomic mass is 10.1. The molecule has 1 heterocycles. The lowest BCUT2D eigenvalue weighted by Gasteiger charge is -1.99. The third-order valence-electron chi connectivity index (χ3n) is 2.21. The number of halogens is 3. The minimum atomic E-state index is -0.509. The van der Waals surface area contributed by atoms with Gasteiger partial charge in [-0.3, -0.25) is 4.39 Å². The number of nitrogens with zero attached hydrogens (tertiary/aromatic N) is 2. The summed E-state index contributed by atoms with van der Waals surface area (Å²) >= 11 is 2.18. The van der Waals surface area contributed by atoms with Crippen LogP contribution in [0.1, 0.15) is 12.0 Å². The molecule has 1 aromatic carbocycles. The molecule has 6 heteroatoms. The van der Waals surface area contributed by atoms with Gasteiger partial charge in [-0.1, -0.05) is 11.8 Å². The molecule has 0 saturated carbocycles. The maximum absolute atomic E-state index is 14.0. The Morgan fingerprint density at radius 1 is 1.47 bits per heavy atom. The molecule has 1 aromatic heterocycles. The molecule has 2 aromatic rings. The highest BCUT2D eigenvalue weighted by Crippen LogP contribution is 2.29. The first-order valence-corrected chi connectivity index (χ1v) is 8.91. The van der Waals surface area contributed by atoms with Crippen LogP contribution in [0.25, 0.3) is 10.9 Å². The molecule has 0 N–H and O–H groups in total. The van der Waals surface area contributed by atoms with Crippen molar-refractivity contribution in [3.63, 3.8) is 0 Å². The summed E-state index contributed by atoms with van der Waals surface area (Å²) in [5, 5.41) is 4.54. The first-order chi connectivity index (χ1) is 8.27. The van der Waals surface area contributed by atoms with Crippen molar-refractivity contribution in [2.24, 2.45) is 0 Å². The van der Waals surface area contributed by atoms with Crippen molar-refractivity contribution in [1.82, 2.24) is 9.55 Å². The van der Waals surface area contributed by atoms with Gasteiger partial charge < -0.3 is 0 Å². The van der Waals surface area contributed by atoms with Gasteiger partial charge in [-0.25, -0.2) is 8.84 Å². The van der Waals surface area contributed by atoms with Crippen LogP contribution >= 0.6 is 28.4 Å². The largest absolute Gasteiger partial charge is 0.250 e. The number of hydrogen-bond donors (Lipinski definition) is 0. The molecule has 0 amide bonds. The lowest BCUT2D eigenvalue weighted by Crippen LogP contribution is -1.87. The third kappa shape index (κ3) is 2.58. The summed E-state index contributed by atoms with van der Waals surface area (Å²) in [6.45, 7) is -0.509.